The van der Waals surface area contributed by atoms with Crippen molar-refractivity contribution in [3.05, 3.63) is 15.9 Å². The second-order valence-electron chi connectivity index (χ2n) is 4.36. The van der Waals surface area contributed by atoms with Crippen LogP contribution in [-0.2, 0) is 13.5 Å². The minimum Gasteiger partial charge on any atom is -0.314 e. The van der Waals surface area contributed by atoms with E-state index in [-0.39, 0.29) is 0 Å². The Morgan fingerprint density at radius 3 is 2.69 bits per heavy atom. The molecule has 0 aromatic carbocycles. The molecule has 0 amide bonds. The van der Waals surface area contributed by atoms with Crippen LogP contribution in [0, 0.1) is 6.92 Å². The van der Waals surface area contributed by atoms with Gasteiger partial charge in [-0.05, 0) is 55.6 Å². The average molecular weight is 288 g/mol. The Kier molecular flexibility index (Phi) is 5.49. The summed E-state index contributed by atoms with van der Waals surface area (Å²) in [5.74, 6) is 0. The predicted molar refractivity (Wildman–Crippen MR) is 71.7 cm³/mol. The summed E-state index contributed by atoms with van der Waals surface area (Å²) in [5.41, 5.74) is 2.37. The van der Waals surface area contributed by atoms with Gasteiger partial charge in [0, 0.05) is 13.1 Å². The molecule has 0 bridgehead atoms. The zero-order valence-corrected chi connectivity index (χ0v) is 12.3. The van der Waals surface area contributed by atoms with Gasteiger partial charge in [-0.15, -0.1) is 0 Å². The van der Waals surface area contributed by atoms with Crippen molar-refractivity contribution in [1.29, 1.82) is 0 Å². The first-order valence-electron chi connectivity index (χ1n) is 5.97. The summed E-state index contributed by atoms with van der Waals surface area (Å²) in [4.78, 5) is 0. The molecule has 1 aromatic heterocycles. The number of hydrogen-bond donors (Lipinski definition) is 1. The summed E-state index contributed by atoms with van der Waals surface area (Å²) in [6, 6.07) is 0.571. The molecule has 1 heterocycles. The second-order valence-corrected chi connectivity index (χ2v) is 5.16. The molecule has 1 unspecified atom stereocenters. The largest absolute Gasteiger partial charge is 0.314 e. The molecule has 0 saturated carbocycles. The number of aromatic nitrogens is 2. The molecular weight excluding hydrogens is 266 g/mol. The average Bonchev–Trinajstić information content (AvgIpc) is 2.48. The summed E-state index contributed by atoms with van der Waals surface area (Å²) in [6.07, 6.45) is 3.41. The Balaban J connectivity index is 2.48. The van der Waals surface area contributed by atoms with Gasteiger partial charge in [0.1, 0.15) is 0 Å². The minimum atomic E-state index is 0.571. The fraction of sp³-hybridized carbons (Fsp3) is 0.750. The first-order chi connectivity index (χ1) is 7.56. The number of nitrogens with one attached hydrogen (secondary N) is 1. The fourth-order valence-corrected chi connectivity index (χ4v) is 2.33. The van der Waals surface area contributed by atoms with Crippen LogP contribution in [-0.4, -0.2) is 22.4 Å². The maximum absolute atomic E-state index is 4.40. The van der Waals surface area contributed by atoms with E-state index >= 15 is 0 Å². The molecule has 0 aliphatic heterocycles. The minimum absolute atomic E-state index is 0.571. The van der Waals surface area contributed by atoms with Crippen molar-refractivity contribution in [1.82, 2.24) is 15.1 Å². The summed E-state index contributed by atoms with van der Waals surface area (Å²) >= 11 is 3.60. The highest BCUT2D eigenvalue weighted by atomic mass is 79.9. The molecule has 0 fully saturated rings. The Bertz CT molecular complexity index is 333. The van der Waals surface area contributed by atoms with Crippen LogP contribution in [0.15, 0.2) is 4.47 Å². The molecule has 1 rings (SSSR count). The number of rotatable bonds is 6. The Morgan fingerprint density at radius 2 is 2.19 bits per heavy atom. The Hall–Kier alpha value is -0.350. The molecule has 1 aromatic rings. The van der Waals surface area contributed by atoms with Gasteiger partial charge in [-0.25, -0.2) is 0 Å². The lowest BCUT2D eigenvalue weighted by Crippen LogP contribution is -2.27. The van der Waals surface area contributed by atoms with Crippen molar-refractivity contribution in [2.75, 3.05) is 6.54 Å². The predicted octanol–water partition coefficient (Wildman–Crippen LogP) is 2.81. The summed E-state index contributed by atoms with van der Waals surface area (Å²) in [5, 5.41) is 7.90. The molecule has 0 spiro atoms. The number of aryl methyl sites for hydroxylation is 2. The van der Waals surface area contributed by atoms with Crippen LogP contribution in [0.1, 0.15) is 38.1 Å². The molecule has 4 heteroatoms. The van der Waals surface area contributed by atoms with E-state index in [1.165, 1.54) is 12.1 Å². The van der Waals surface area contributed by atoms with Gasteiger partial charge in [0.15, 0.2) is 0 Å². The van der Waals surface area contributed by atoms with Crippen molar-refractivity contribution >= 4 is 15.9 Å². The lowest BCUT2D eigenvalue weighted by atomic mass is 10.1. The third-order valence-corrected chi connectivity index (χ3v) is 3.85. The molecular formula is C12H22BrN3. The topological polar surface area (TPSA) is 29.9 Å². The third-order valence-electron chi connectivity index (χ3n) is 2.82. The molecule has 0 aliphatic rings. The van der Waals surface area contributed by atoms with Gasteiger partial charge < -0.3 is 5.32 Å². The van der Waals surface area contributed by atoms with E-state index in [0.717, 1.165) is 29.6 Å². The molecule has 0 aliphatic carbocycles. The van der Waals surface area contributed by atoms with Gasteiger partial charge in [0.25, 0.3) is 0 Å². The third kappa shape index (κ3) is 3.59. The fourth-order valence-electron chi connectivity index (χ4n) is 1.80. The molecule has 0 saturated heterocycles. The van der Waals surface area contributed by atoms with Gasteiger partial charge in [0.05, 0.1) is 15.9 Å². The quantitative estimate of drug-likeness (QED) is 0.872. The molecule has 1 N–H and O–H groups in total. The van der Waals surface area contributed by atoms with E-state index in [2.05, 4.69) is 40.2 Å². The molecule has 16 heavy (non-hydrogen) atoms. The van der Waals surface area contributed by atoms with Crippen LogP contribution >= 0.6 is 15.9 Å². The summed E-state index contributed by atoms with van der Waals surface area (Å²) < 4.78 is 3.14. The van der Waals surface area contributed by atoms with E-state index in [9.17, 15) is 0 Å². The second kappa shape index (κ2) is 6.40. The number of nitrogens with zero attached hydrogens (tertiary/aromatic N) is 2. The smallest absolute Gasteiger partial charge is 0.0738 e. The van der Waals surface area contributed by atoms with E-state index in [4.69, 9.17) is 0 Å². The zero-order valence-electron chi connectivity index (χ0n) is 10.7. The zero-order chi connectivity index (χ0) is 12.1. The van der Waals surface area contributed by atoms with E-state index in [0.29, 0.717) is 6.04 Å². The molecule has 0 radical (unpaired) electrons. The molecule has 1 atom stereocenters. The maximum Gasteiger partial charge on any atom is 0.0738 e. The first kappa shape index (κ1) is 13.7. The maximum atomic E-state index is 4.40. The van der Waals surface area contributed by atoms with Crippen LogP contribution in [0.4, 0.5) is 0 Å². The standard InChI is InChI=1S/C12H22BrN3/c1-5-8-14-9(2)6-7-11-12(13)10(3)15-16(11)4/h9,14H,5-8H2,1-4H3. The van der Waals surface area contributed by atoms with Gasteiger partial charge in [-0.3, -0.25) is 4.68 Å². The monoisotopic (exact) mass is 287 g/mol. The Labute approximate surface area is 107 Å². The Morgan fingerprint density at radius 1 is 1.50 bits per heavy atom. The van der Waals surface area contributed by atoms with Crippen molar-refractivity contribution in [3.8, 4) is 0 Å². The summed E-state index contributed by atoms with van der Waals surface area (Å²) in [7, 11) is 2.01. The van der Waals surface area contributed by atoms with Crippen molar-refractivity contribution in [2.45, 2.75) is 46.1 Å². The van der Waals surface area contributed by atoms with Gasteiger partial charge in [-0.1, -0.05) is 6.92 Å². The highest BCUT2D eigenvalue weighted by molar-refractivity contribution is 9.10. The highest BCUT2D eigenvalue weighted by Gasteiger charge is 2.11. The van der Waals surface area contributed by atoms with Crippen LogP contribution < -0.4 is 5.32 Å². The SMILES string of the molecule is CCCNC(C)CCc1c(Br)c(C)nn1C. The lowest BCUT2D eigenvalue weighted by molar-refractivity contribution is 0.505. The lowest BCUT2D eigenvalue weighted by Gasteiger charge is -2.13. The number of halogens is 1. The first-order valence-corrected chi connectivity index (χ1v) is 6.76. The molecule has 92 valence electrons. The van der Waals surface area contributed by atoms with Crippen LogP contribution in [0.3, 0.4) is 0 Å². The van der Waals surface area contributed by atoms with Gasteiger partial charge in [0.2, 0.25) is 0 Å². The normalized spacial score (nSPS) is 13.1. The number of hydrogen-bond acceptors (Lipinski definition) is 2. The van der Waals surface area contributed by atoms with Crippen LogP contribution in [0.5, 0.6) is 0 Å². The van der Waals surface area contributed by atoms with E-state index in [1.807, 2.05) is 18.7 Å². The van der Waals surface area contributed by atoms with Crippen molar-refractivity contribution in [3.63, 3.8) is 0 Å². The summed E-state index contributed by atoms with van der Waals surface area (Å²) in [6.45, 7) is 7.58. The molecule has 3 nitrogen and oxygen atoms in total. The van der Waals surface area contributed by atoms with Crippen LogP contribution in [0.25, 0.3) is 0 Å². The van der Waals surface area contributed by atoms with Crippen LogP contribution in [0.2, 0.25) is 0 Å². The van der Waals surface area contributed by atoms with Crippen molar-refractivity contribution in [2.24, 2.45) is 7.05 Å². The van der Waals surface area contributed by atoms with E-state index in [1.54, 1.807) is 0 Å². The van der Waals surface area contributed by atoms with Crippen molar-refractivity contribution < 1.29 is 0 Å². The van der Waals surface area contributed by atoms with Gasteiger partial charge >= 0.3 is 0 Å². The van der Waals surface area contributed by atoms with E-state index < -0.39 is 0 Å². The van der Waals surface area contributed by atoms with Gasteiger partial charge in [-0.2, -0.15) is 5.10 Å². The highest BCUT2D eigenvalue weighted by Crippen LogP contribution is 2.21.